The van der Waals surface area contributed by atoms with Crippen LogP contribution in [0.1, 0.15) is 54.8 Å². The van der Waals surface area contributed by atoms with E-state index in [4.69, 9.17) is 0 Å². The zero-order valence-electron chi connectivity index (χ0n) is 14.0. The monoisotopic (exact) mass is 338 g/mol. The van der Waals surface area contributed by atoms with Crippen molar-refractivity contribution in [2.24, 2.45) is 0 Å². The van der Waals surface area contributed by atoms with Crippen LogP contribution in [-0.2, 0) is 10.0 Å². The van der Waals surface area contributed by atoms with Gasteiger partial charge in [0.15, 0.2) is 0 Å². The summed E-state index contributed by atoms with van der Waals surface area (Å²) in [6.45, 7) is 7.18. The minimum absolute atomic E-state index is 0.0427. The van der Waals surface area contributed by atoms with Crippen molar-refractivity contribution in [3.8, 4) is 0 Å². The predicted molar refractivity (Wildman–Crippen MR) is 86.8 cm³/mol. The van der Waals surface area contributed by atoms with E-state index in [-0.39, 0.29) is 28.0 Å². The van der Waals surface area contributed by atoms with Crippen LogP contribution in [0.25, 0.3) is 0 Å². The molecule has 1 aliphatic heterocycles. The molecular weight excluding hydrogens is 316 g/mol. The third-order valence-corrected chi connectivity index (χ3v) is 6.24. The van der Waals surface area contributed by atoms with Crippen LogP contribution in [0.3, 0.4) is 0 Å². The Balaban J connectivity index is 2.49. The van der Waals surface area contributed by atoms with Crippen LogP contribution in [0, 0.1) is 0 Å². The summed E-state index contributed by atoms with van der Waals surface area (Å²) in [4.78, 5) is 26.3. The molecule has 0 aromatic heterocycles. The molecule has 0 aliphatic carbocycles. The van der Waals surface area contributed by atoms with Crippen LogP contribution in [0.4, 0.5) is 0 Å². The van der Waals surface area contributed by atoms with Gasteiger partial charge in [0, 0.05) is 24.7 Å². The highest BCUT2D eigenvalue weighted by Gasteiger charge is 2.43. The number of carbonyl (C=O) groups is 2. The first-order valence-electron chi connectivity index (χ1n) is 7.62. The van der Waals surface area contributed by atoms with Gasteiger partial charge < -0.3 is 4.90 Å². The predicted octanol–water partition coefficient (Wildman–Crippen LogP) is 2.11. The molecule has 1 unspecified atom stereocenters. The van der Waals surface area contributed by atoms with Gasteiger partial charge in [0.1, 0.15) is 4.90 Å². The Morgan fingerprint density at radius 2 is 1.87 bits per heavy atom. The fraction of sp³-hybridized carbons (Fsp3) is 0.500. The van der Waals surface area contributed by atoms with Crippen molar-refractivity contribution in [3.05, 3.63) is 29.3 Å². The quantitative estimate of drug-likeness (QED) is 0.843. The molecule has 0 saturated carbocycles. The largest absolute Gasteiger partial charge is 0.339 e. The van der Waals surface area contributed by atoms with E-state index in [2.05, 4.69) is 0 Å². The Kier molecular flexibility index (Phi) is 4.52. The highest BCUT2D eigenvalue weighted by molar-refractivity contribution is 7.90. The van der Waals surface area contributed by atoms with Crippen LogP contribution >= 0.6 is 0 Å². The van der Waals surface area contributed by atoms with E-state index in [1.165, 1.54) is 18.2 Å². The van der Waals surface area contributed by atoms with Crippen molar-refractivity contribution in [3.63, 3.8) is 0 Å². The molecule has 2 amide bonds. The number of nitrogens with zero attached hydrogens (tertiary/aromatic N) is 2. The third kappa shape index (κ3) is 2.73. The standard InChI is InChI=1S/C16H22N2O4S/c1-6-11(4)17(5)15(19)12-7-8-13-14(9-12)23(21,22)18(10(2)3)16(13)20/h7-11H,6H2,1-5H3. The molecule has 23 heavy (non-hydrogen) atoms. The Labute approximate surface area is 137 Å². The van der Waals surface area contributed by atoms with E-state index in [9.17, 15) is 18.0 Å². The Morgan fingerprint density at radius 1 is 1.26 bits per heavy atom. The molecule has 0 fully saturated rings. The zero-order chi connectivity index (χ0) is 17.5. The van der Waals surface area contributed by atoms with Crippen LogP contribution in [0.15, 0.2) is 23.1 Å². The lowest BCUT2D eigenvalue weighted by Gasteiger charge is -2.24. The maximum absolute atomic E-state index is 12.6. The van der Waals surface area contributed by atoms with E-state index >= 15 is 0 Å². The zero-order valence-corrected chi connectivity index (χ0v) is 14.8. The number of benzene rings is 1. The van der Waals surface area contributed by atoms with Crippen molar-refractivity contribution < 1.29 is 18.0 Å². The maximum Gasteiger partial charge on any atom is 0.269 e. The molecule has 1 aromatic carbocycles. The molecule has 7 heteroatoms. The van der Waals surface area contributed by atoms with E-state index < -0.39 is 22.0 Å². The summed E-state index contributed by atoms with van der Waals surface area (Å²) in [6.07, 6.45) is 0.797. The van der Waals surface area contributed by atoms with Gasteiger partial charge in [-0.1, -0.05) is 6.92 Å². The highest BCUT2D eigenvalue weighted by atomic mass is 32.2. The molecule has 6 nitrogen and oxygen atoms in total. The normalized spacial score (nSPS) is 17.3. The van der Waals surface area contributed by atoms with E-state index in [0.29, 0.717) is 0 Å². The van der Waals surface area contributed by atoms with Crippen molar-refractivity contribution in [1.29, 1.82) is 0 Å². The molecule has 1 heterocycles. The van der Waals surface area contributed by atoms with Gasteiger partial charge in [-0.15, -0.1) is 0 Å². The topological polar surface area (TPSA) is 74.8 Å². The number of hydrogen-bond acceptors (Lipinski definition) is 4. The minimum Gasteiger partial charge on any atom is -0.339 e. The molecular formula is C16H22N2O4S. The smallest absolute Gasteiger partial charge is 0.269 e. The number of amides is 2. The molecule has 1 aromatic rings. The van der Waals surface area contributed by atoms with Gasteiger partial charge in [-0.25, -0.2) is 12.7 Å². The number of fused-ring (bicyclic) bond motifs is 1. The summed E-state index contributed by atoms with van der Waals surface area (Å²) < 4.78 is 26.0. The molecule has 1 aliphatic rings. The summed E-state index contributed by atoms with van der Waals surface area (Å²) >= 11 is 0. The SMILES string of the molecule is CCC(C)N(C)C(=O)c1ccc2c(c1)S(=O)(=O)N(C(C)C)C2=O. The molecule has 0 N–H and O–H groups in total. The van der Waals surface area contributed by atoms with E-state index in [1.54, 1.807) is 25.8 Å². The summed E-state index contributed by atoms with van der Waals surface area (Å²) in [5, 5.41) is 0. The summed E-state index contributed by atoms with van der Waals surface area (Å²) in [6, 6.07) is 3.82. The molecule has 1 atom stereocenters. The molecule has 0 radical (unpaired) electrons. The number of rotatable bonds is 4. The van der Waals surface area contributed by atoms with Crippen molar-refractivity contribution in [2.75, 3.05) is 7.05 Å². The summed E-state index contributed by atoms with van der Waals surface area (Å²) in [5.41, 5.74) is 0.398. The first-order chi connectivity index (χ1) is 10.6. The number of sulfonamides is 1. The van der Waals surface area contributed by atoms with Gasteiger partial charge in [0.2, 0.25) is 0 Å². The first kappa shape index (κ1) is 17.5. The Hall–Kier alpha value is -1.89. The van der Waals surface area contributed by atoms with Crippen LogP contribution < -0.4 is 0 Å². The molecule has 126 valence electrons. The second-order valence-electron chi connectivity index (χ2n) is 6.08. The molecule has 0 saturated heterocycles. The maximum atomic E-state index is 12.6. The van der Waals surface area contributed by atoms with Gasteiger partial charge >= 0.3 is 0 Å². The van der Waals surface area contributed by atoms with E-state index in [0.717, 1.165) is 10.7 Å². The third-order valence-electron chi connectivity index (χ3n) is 4.24. The molecule has 2 rings (SSSR count). The van der Waals surface area contributed by atoms with Crippen LogP contribution in [-0.4, -0.2) is 48.6 Å². The Bertz CT molecular complexity index is 755. The van der Waals surface area contributed by atoms with Gasteiger partial charge in [0.25, 0.3) is 21.8 Å². The van der Waals surface area contributed by atoms with E-state index in [1.807, 2.05) is 13.8 Å². The van der Waals surface area contributed by atoms with Gasteiger partial charge in [0.05, 0.1) is 5.56 Å². The van der Waals surface area contributed by atoms with Crippen LogP contribution in [0.2, 0.25) is 0 Å². The fourth-order valence-corrected chi connectivity index (χ4v) is 4.36. The van der Waals surface area contributed by atoms with Gasteiger partial charge in [-0.05, 0) is 45.4 Å². The number of carbonyl (C=O) groups excluding carboxylic acids is 2. The highest BCUT2D eigenvalue weighted by Crippen LogP contribution is 2.32. The molecule has 0 spiro atoms. The minimum atomic E-state index is -3.89. The number of hydrogen-bond donors (Lipinski definition) is 0. The first-order valence-corrected chi connectivity index (χ1v) is 9.06. The summed E-state index contributed by atoms with van der Waals surface area (Å²) in [7, 11) is -2.20. The fourth-order valence-electron chi connectivity index (χ4n) is 2.57. The lowest BCUT2D eigenvalue weighted by atomic mass is 10.1. The second-order valence-corrected chi connectivity index (χ2v) is 7.87. The second kappa shape index (κ2) is 5.96. The van der Waals surface area contributed by atoms with Crippen molar-refractivity contribution in [1.82, 2.24) is 9.21 Å². The van der Waals surface area contributed by atoms with Crippen molar-refractivity contribution in [2.45, 2.75) is 51.1 Å². The van der Waals surface area contributed by atoms with Crippen LogP contribution in [0.5, 0.6) is 0 Å². The Morgan fingerprint density at radius 3 is 2.39 bits per heavy atom. The summed E-state index contributed by atoms with van der Waals surface area (Å²) in [5.74, 6) is -0.794. The van der Waals surface area contributed by atoms with Gasteiger partial charge in [-0.3, -0.25) is 9.59 Å². The lowest BCUT2D eigenvalue weighted by molar-refractivity contribution is 0.0739. The molecule has 0 bridgehead atoms. The van der Waals surface area contributed by atoms with Crippen molar-refractivity contribution >= 4 is 21.8 Å². The lowest BCUT2D eigenvalue weighted by Crippen LogP contribution is -2.36. The average Bonchev–Trinajstić information content (AvgIpc) is 2.71. The average molecular weight is 338 g/mol. The van der Waals surface area contributed by atoms with Gasteiger partial charge in [-0.2, -0.15) is 0 Å².